The van der Waals surface area contributed by atoms with Crippen molar-refractivity contribution in [1.82, 2.24) is 0 Å². The summed E-state index contributed by atoms with van der Waals surface area (Å²) in [7, 11) is -5.07. The minimum Gasteiger partial charge on any atom is -0.744 e. The second-order valence-electron chi connectivity index (χ2n) is 10.8. The SMILES string of the molecule is C[N+](C)=C1C=CC(=C(c2ccccc2)c2ccc(N(Cc3cccc(S(=O)(=O)[O-])c3)Cc3cccc(S(=O)(=O)O)c3)cc2)C=C1.[Na+]. The molecule has 0 saturated carbocycles. The van der Waals surface area contributed by atoms with Gasteiger partial charge < -0.3 is 9.45 Å². The van der Waals surface area contributed by atoms with Gasteiger partial charge in [0, 0.05) is 30.9 Å². The molecule has 0 aromatic heterocycles. The molecule has 11 heteroatoms. The molecule has 0 radical (unpaired) electrons. The maximum atomic E-state index is 11.8. The van der Waals surface area contributed by atoms with Crippen molar-refractivity contribution >= 4 is 37.2 Å². The van der Waals surface area contributed by atoms with Gasteiger partial charge in [-0.25, -0.2) is 13.0 Å². The van der Waals surface area contributed by atoms with Gasteiger partial charge in [-0.2, -0.15) is 8.42 Å². The van der Waals surface area contributed by atoms with E-state index < -0.39 is 20.2 Å². The normalized spacial score (nSPS) is 12.9. The van der Waals surface area contributed by atoms with Crippen LogP contribution in [0.3, 0.4) is 0 Å². The van der Waals surface area contributed by atoms with Gasteiger partial charge in [0.1, 0.15) is 24.2 Å². The van der Waals surface area contributed by atoms with Crippen molar-refractivity contribution < 1.29 is 60.1 Å². The molecule has 0 heterocycles. The number of hydrogen-bond acceptors (Lipinski definition) is 6. The smallest absolute Gasteiger partial charge is 0.744 e. The molecule has 230 valence electrons. The van der Waals surface area contributed by atoms with E-state index in [1.807, 2.05) is 66.0 Å². The fourth-order valence-electron chi connectivity index (χ4n) is 5.15. The zero-order chi connectivity index (χ0) is 32.2. The summed E-state index contributed by atoms with van der Waals surface area (Å²) in [5, 5.41) is 0. The molecule has 1 aliphatic rings. The van der Waals surface area contributed by atoms with Crippen LogP contribution in [0.5, 0.6) is 0 Å². The van der Waals surface area contributed by atoms with Gasteiger partial charge in [0.2, 0.25) is 0 Å². The summed E-state index contributed by atoms with van der Waals surface area (Å²) in [5.41, 5.74) is 7.19. The van der Waals surface area contributed by atoms with Crippen LogP contribution in [0.4, 0.5) is 5.69 Å². The van der Waals surface area contributed by atoms with Gasteiger partial charge in [0.25, 0.3) is 10.1 Å². The van der Waals surface area contributed by atoms with Crippen molar-refractivity contribution in [3.05, 3.63) is 155 Å². The summed E-state index contributed by atoms with van der Waals surface area (Å²) >= 11 is 0. The van der Waals surface area contributed by atoms with Crippen molar-refractivity contribution in [3.8, 4) is 0 Å². The van der Waals surface area contributed by atoms with Crippen molar-refractivity contribution in [2.75, 3.05) is 19.0 Å². The Kier molecular flexibility index (Phi) is 11.4. The predicted molar refractivity (Wildman–Crippen MR) is 175 cm³/mol. The zero-order valence-electron chi connectivity index (χ0n) is 25.7. The first-order chi connectivity index (χ1) is 21.4. The molecule has 0 amide bonds. The minimum absolute atomic E-state index is 0. The molecule has 1 aliphatic carbocycles. The molecule has 46 heavy (non-hydrogen) atoms. The first kappa shape index (κ1) is 35.2. The van der Waals surface area contributed by atoms with E-state index in [0.717, 1.165) is 33.7 Å². The fourth-order valence-corrected chi connectivity index (χ4v) is 6.24. The average molecular weight is 664 g/mol. The largest absolute Gasteiger partial charge is 1.00 e. The Morgan fingerprint density at radius 3 is 1.74 bits per heavy atom. The number of anilines is 1. The van der Waals surface area contributed by atoms with E-state index in [2.05, 4.69) is 36.4 Å². The number of nitrogens with zero attached hydrogens (tertiary/aromatic N) is 2. The Labute approximate surface area is 292 Å². The molecule has 4 aromatic rings. The van der Waals surface area contributed by atoms with E-state index in [0.29, 0.717) is 11.1 Å². The topological polar surface area (TPSA) is 118 Å². The van der Waals surface area contributed by atoms with Crippen LogP contribution >= 0.6 is 0 Å². The van der Waals surface area contributed by atoms with Gasteiger partial charge in [0.05, 0.1) is 9.79 Å². The Morgan fingerprint density at radius 2 is 1.22 bits per heavy atom. The van der Waals surface area contributed by atoms with Crippen molar-refractivity contribution in [3.63, 3.8) is 0 Å². The van der Waals surface area contributed by atoms with Crippen LogP contribution in [0, 0.1) is 0 Å². The molecule has 0 spiro atoms. The van der Waals surface area contributed by atoms with E-state index in [4.69, 9.17) is 0 Å². The maximum Gasteiger partial charge on any atom is 1.00 e. The van der Waals surface area contributed by atoms with Crippen LogP contribution in [0.25, 0.3) is 5.57 Å². The molecule has 8 nitrogen and oxygen atoms in total. The van der Waals surface area contributed by atoms with Crippen LogP contribution in [-0.4, -0.2) is 50.3 Å². The molecule has 4 aromatic carbocycles. The van der Waals surface area contributed by atoms with Crippen molar-refractivity contribution in [1.29, 1.82) is 0 Å². The summed E-state index contributed by atoms with van der Waals surface area (Å²) in [4.78, 5) is 1.39. The molecule has 0 atom stereocenters. The summed E-state index contributed by atoms with van der Waals surface area (Å²) in [6, 6.07) is 29.9. The second-order valence-corrected chi connectivity index (χ2v) is 13.6. The third kappa shape index (κ3) is 8.80. The van der Waals surface area contributed by atoms with E-state index in [1.54, 1.807) is 18.2 Å². The monoisotopic (exact) mass is 663 g/mol. The van der Waals surface area contributed by atoms with Crippen molar-refractivity contribution in [2.24, 2.45) is 0 Å². The van der Waals surface area contributed by atoms with Crippen molar-refractivity contribution in [2.45, 2.75) is 22.9 Å². The number of rotatable bonds is 9. The molecule has 1 N–H and O–H groups in total. The fraction of sp³-hybridized carbons (Fsp3) is 0.114. The quantitative estimate of drug-likeness (QED) is 0.166. The number of allylic oxidation sites excluding steroid dienone is 5. The van der Waals surface area contributed by atoms with Crippen LogP contribution in [0.2, 0.25) is 0 Å². The molecule has 0 fully saturated rings. The third-order valence-electron chi connectivity index (χ3n) is 7.39. The minimum atomic E-state index is -4.65. The molecular weight excluding hydrogens is 632 g/mol. The Morgan fingerprint density at radius 1 is 0.696 bits per heavy atom. The number of hydrogen-bond donors (Lipinski definition) is 1. The van der Waals surface area contributed by atoms with Gasteiger partial charge >= 0.3 is 29.6 Å². The summed E-state index contributed by atoms with van der Waals surface area (Å²) in [5.74, 6) is 0. The summed E-state index contributed by atoms with van der Waals surface area (Å²) in [6.07, 6.45) is 8.34. The van der Waals surface area contributed by atoms with Gasteiger partial charge in [-0.15, -0.1) is 0 Å². The van der Waals surface area contributed by atoms with Gasteiger partial charge in [-0.1, -0.05) is 66.7 Å². The average Bonchev–Trinajstić information content (AvgIpc) is 3.01. The van der Waals surface area contributed by atoms with Crippen LogP contribution < -0.4 is 34.5 Å². The van der Waals surface area contributed by atoms with E-state index >= 15 is 0 Å². The Bertz CT molecular complexity index is 1970. The summed E-state index contributed by atoms with van der Waals surface area (Å²) in [6.45, 7) is 0.457. The molecule has 5 rings (SSSR count). The van der Waals surface area contributed by atoms with Crippen LogP contribution in [0.15, 0.2) is 143 Å². The van der Waals surface area contributed by atoms with Crippen LogP contribution in [0.1, 0.15) is 22.3 Å². The first-order valence-electron chi connectivity index (χ1n) is 14.1. The first-order valence-corrected chi connectivity index (χ1v) is 16.9. The standard InChI is InChI=1S/C35H32N2O6S2.Na/c1-36(2)31-18-14-29(15-19-31)35(28-10-4-3-5-11-28)30-16-20-32(21-17-30)37(24-26-8-6-12-33(22-26)44(38,39)40)25-27-9-7-13-34(23-27)45(41,42)43;/h3-23H,24-25H2,1-2H3,(H-,38,39,40,41,42,43);/q;+1. The molecule has 0 saturated heterocycles. The zero-order valence-corrected chi connectivity index (χ0v) is 29.4. The summed E-state index contributed by atoms with van der Waals surface area (Å²) < 4.78 is 70.3. The second kappa shape index (κ2) is 14.9. The molecule has 0 bridgehead atoms. The molecule has 0 aliphatic heterocycles. The third-order valence-corrected chi connectivity index (χ3v) is 9.07. The molecule has 0 unspecified atom stereocenters. The van der Waals surface area contributed by atoms with Gasteiger partial charge in [0.15, 0.2) is 5.71 Å². The number of benzene rings is 4. The van der Waals surface area contributed by atoms with E-state index in [-0.39, 0.29) is 52.4 Å². The Balaban J connectivity index is 0.00000480. The van der Waals surface area contributed by atoms with E-state index in [9.17, 15) is 25.9 Å². The van der Waals surface area contributed by atoms with E-state index in [1.165, 1.54) is 30.3 Å². The maximum absolute atomic E-state index is 11.8. The van der Waals surface area contributed by atoms with Gasteiger partial charge in [-0.3, -0.25) is 4.55 Å². The predicted octanol–water partition coefficient (Wildman–Crippen LogP) is 2.69. The Hall–Kier alpha value is -3.61. The molecular formula is C35H32N2NaO6S2+. The van der Waals surface area contributed by atoms with Gasteiger partial charge in [-0.05, 0) is 82.0 Å². The van der Waals surface area contributed by atoms with Crippen LogP contribution in [-0.2, 0) is 33.3 Å².